The monoisotopic (exact) mass is 319 g/mol. The zero-order chi connectivity index (χ0) is 16.5. The molecule has 24 heavy (non-hydrogen) atoms. The molecule has 2 atom stereocenters. The summed E-state index contributed by atoms with van der Waals surface area (Å²) < 4.78 is 0. The third-order valence-electron chi connectivity index (χ3n) is 4.69. The summed E-state index contributed by atoms with van der Waals surface area (Å²) >= 11 is 0. The van der Waals surface area contributed by atoms with E-state index < -0.39 is 0 Å². The van der Waals surface area contributed by atoms with Crippen LogP contribution in [-0.4, -0.2) is 27.0 Å². The molecule has 1 aromatic carbocycles. The summed E-state index contributed by atoms with van der Waals surface area (Å²) in [5, 5.41) is 0. The first-order valence-electron chi connectivity index (χ1n) is 8.30. The molecule has 0 radical (unpaired) electrons. The average Bonchev–Trinajstić information content (AvgIpc) is 3.23. The fourth-order valence-electron chi connectivity index (χ4n) is 3.45. The van der Waals surface area contributed by atoms with Gasteiger partial charge in [-0.3, -0.25) is 15.8 Å². The molecule has 1 saturated heterocycles. The molecule has 3 heterocycles. The Morgan fingerprint density at radius 2 is 1.67 bits per heavy atom. The van der Waals surface area contributed by atoms with Gasteiger partial charge in [-0.05, 0) is 37.1 Å². The van der Waals surface area contributed by atoms with Crippen LogP contribution in [0.5, 0.6) is 0 Å². The van der Waals surface area contributed by atoms with Crippen LogP contribution < -0.4 is 10.9 Å². The standard InChI is InChI=1S/C19H21N5/c1-12-18(13(2)24-23-12)15-8-9-20-16(10-15)19-21-11-17(22-19)14-6-4-3-5-7-14/h3-13,18,23-24H,1-2H3,(H,21,22). The molecule has 0 aliphatic carbocycles. The Hall–Kier alpha value is -2.50. The number of nitrogens with one attached hydrogen (secondary N) is 3. The number of hydrazine groups is 1. The smallest absolute Gasteiger partial charge is 0.156 e. The predicted molar refractivity (Wildman–Crippen MR) is 95.2 cm³/mol. The predicted octanol–water partition coefficient (Wildman–Crippen LogP) is 3.11. The first kappa shape index (κ1) is 15.1. The van der Waals surface area contributed by atoms with Crippen molar-refractivity contribution in [1.29, 1.82) is 0 Å². The molecule has 4 rings (SSSR count). The van der Waals surface area contributed by atoms with E-state index in [0.29, 0.717) is 18.0 Å². The summed E-state index contributed by atoms with van der Waals surface area (Å²) in [7, 11) is 0. The lowest BCUT2D eigenvalue weighted by Gasteiger charge is -2.18. The number of pyridine rings is 1. The Kier molecular flexibility index (Phi) is 3.88. The lowest BCUT2D eigenvalue weighted by Crippen LogP contribution is -2.30. The number of rotatable bonds is 3. The molecule has 3 N–H and O–H groups in total. The van der Waals surface area contributed by atoms with E-state index in [4.69, 9.17) is 0 Å². The van der Waals surface area contributed by atoms with Crippen LogP contribution in [0.4, 0.5) is 0 Å². The molecular formula is C19H21N5. The van der Waals surface area contributed by atoms with E-state index in [-0.39, 0.29) is 0 Å². The average molecular weight is 319 g/mol. The van der Waals surface area contributed by atoms with Gasteiger partial charge in [0.05, 0.1) is 11.9 Å². The summed E-state index contributed by atoms with van der Waals surface area (Å²) in [6.45, 7) is 4.39. The first-order chi connectivity index (χ1) is 11.7. The number of aromatic amines is 1. The Bertz CT molecular complexity index is 817. The van der Waals surface area contributed by atoms with E-state index in [2.05, 4.69) is 63.9 Å². The maximum Gasteiger partial charge on any atom is 0.156 e. The topological polar surface area (TPSA) is 65.6 Å². The number of nitrogens with zero attached hydrogens (tertiary/aromatic N) is 2. The SMILES string of the molecule is CC1NNC(C)C1c1ccnc(-c2ncc(-c3ccccc3)[nH]2)c1. The van der Waals surface area contributed by atoms with Gasteiger partial charge in [0.1, 0.15) is 5.69 Å². The van der Waals surface area contributed by atoms with Crippen molar-refractivity contribution in [2.75, 3.05) is 0 Å². The van der Waals surface area contributed by atoms with Crippen LogP contribution in [0, 0.1) is 0 Å². The van der Waals surface area contributed by atoms with Crippen molar-refractivity contribution in [3.05, 3.63) is 60.4 Å². The number of imidazole rings is 1. The van der Waals surface area contributed by atoms with Crippen molar-refractivity contribution in [1.82, 2.24) is 25.8 Å². The number of aromatic nitrogens is 3. The van der Waals surface area contributed by atoms with Crippen molar-refractivity contribution >= 4 is 0 Å². The normalized spacial score (nSPS) is 23.5. The molecule has 0 saturated carbocycles. The van der Waals surface area contributed by atoms with Crippen molar-refractivity contribution in [3.63, 3.8) is 0 Å². The minimum absolute atomic E-state index is 0.381. The maximum absolute atomic E-state index is 4.52. The van der Waals surface area contributed by atoms with E-state index in [1.165, 1.54) is 5.56 Å². The van der Waals surface area contributed by atoms with Crippen molar-refractivity contribution < 1.29 is 0 Å². The number of benzene rings is 1. The fourth-order valence-corrected chi connectivity index (χ4v) is 3.45. The Balaban J connectivity index is 1.66. The molecule has 2 aromatic heterocycles. The second-order valence-electron chi connectivity index (χ2n) is 6.38. The van der Waals surface area contributed by atoms with Gasteiger partial charge >= 0.3 is 0 Å². The third-order valence-corrected chi connectivity index (χ3v) is 4.69. The number of H-pyrrole nitrogens is 1. The van der Waals surface area contributed by atoms with Gasteiger partial charge < -0.3 is 4.98 Å². The zero-order valence-electron chi connectivity index (χ0n) is 13.8. The van der Waals surface area contributed by atoms with Crippen LogP contribution in [0.25, 0.3) is 22.8 Å². The highest BCUT2D eigenvalue weighted by Gasteiger charge is 2.31. The quantitative estimate of drug-likeness (QED) is 0.694. The molecule has 0 bridgehead atoms. The number of hydrogen-bond acceptors (Lipinski definition) is 4. The van der Waals surface area contributed by atoms with Crippen LogP contribution >= 0.6 is 0 Å². The first-order valence-corrected chi connectivity index (χ1v) is 8.30. The molecule has 1 fully saturated rings. The molecular weight excluding hydrogens is 298 g/mol. The third kappa shape index (κ3) is 2.72. The minimum Gasteiger partial charge on any atom is -0.337 e. The maximum atomic E-state index is 4.52. The molecule has 0 amide bonds. The highest BCUT2D eigenvalue weighted by atomic mass is 15.4. The van der Waals surface area contributed by atoms with Crippen LogP contribution in [0.1, 0.15) is 25.3 Å². The van der Waals surface area contributed by atoms with E-state index in [0.717, 1.165) is 22.8 Å². The molecule has 0 spiro atoms. The second-order valence-corrected chi connectivity index (χ2v) is 6.38. The Morgan fingerprint density at radius 3 is 2.42 bits per heavy atom. The van der Waals surface area contributed by atoms with Crippen molar-refractivity contribution in [2.45, 2.75) is 31.8 Å². The molecule has 5 heteroatoms. The lowest BCUT2D eigenvalue weighted by molar-refractivity contribution is 0.567. The fraction of sp³-hybridized carbons (Fsp3) is 0.263. The van der Waals surface area contributed by atoms with Crippen molar-refractivity contribution in [2.24, 2.45) is 0 Å². The van der Waals surface area contributed by atoms with Gasteiger partial charge in [-0.1, -0.05) is 30.3 Å². The number of hydrogen-bond donors (Lipinski definition) is 3. The van der Waals surface area contributed by atoms with E-state index in [1.807, 2.05) is 30.6 Å². The second kappa shape index (κ2) is 6.19. The molecule has 122 valence electrons. The highest BCUT2D eigenvalue weighted by molar-refractivity contribution is 5.62. The summed E-state index contributed by atoms with van der Waals surface area (Å²) in [6, 6.07) is 15.2. The van der Waals surface area contributed by atoms with Gasteiger partial charge in [0.15, 0.2) is 5.82 Å². The van der Waals surface area contributed by atoms with E-state index >= 15 is 0 Å². The summed E-state index contributed by atoms with van der Waals surface area (Å²) in [4.78, 5) is 12.4. The van der Waals surface area contributed by atoms with E-state index in [9.17, 15) is 0 Å². The van der Waals surface area contributed by atoms with Gasteiger partial charge in [0.2, 0.25) is 0 Å². The molecule has 3 aromatic rings. The molecule has 2 unspecified atom stereocenters. The van der Waals surface area contributed by atoms with Gasteiger partial charge in [0.25, 0.3) is 0 Å². The van der Waals surface area contributed by atoms with Gasteiger partial charge in [-0.2, -0.15) is 0 Å². The largest absolute Gasteiger partial charge is 0.337 e. The molecule has 1 aliphatic rings. The van der Waals surface area contributed by atoms with E-state index in [1.54, 1.807) is 0 Å². The summed E-state index contributed by atoms with van der Waals surface area (Å²) in [6.07, 6.45) is 3.73. The Morgan fingerprint density at radius 1 is 0.917 bits per heavy atom. The lowest BCUT2D eigenvalue weighted by atomic mass is 9.89. The highest BCUT2D eigenvalue weighted by Crippen LogP contribution is 2.29. The van der Waals surface area contributed by atoms with Crippen LogP contribution in [-0.2, 0) is 0 Å². The minimum atomic E-state index is 0.381. The van der Waals surface area contributed by atoms with Gasteiger partial charge in [-0.25, -0.2) is 4.98 Å². The zero-order valence-corrected chi connectivity index (χ0v) is 13.8. The van der Waals surface area contributed by atoms with Crippen LogP contribution in [0.15, 0.2) is 54.9 Å². The summed E-state index contributed by atoms with van der Waals surface area (Å²) in [5.74, 6) is 1.21. The van der Waals surface area contributed by atoms with Crippen LogP contribution in [0.3, 0.4) is 0 Å². The van der Waals surface area contributed by atoms with Crippen LogP contribution in [0.2, 0.25) is 0 Å². The van der Waals surface area contributed by atoms with Crippen molar-refractivity contribution in [3.8, 4) is 22.8 Å². The van der Waals surface area contributed by atoms with Gasteiger partial charge in [-0.15, -0.1) is 0 Å². The molecule has 1 aliphatic heterocycles. The van der Waals surface area contributed by atoms with Gasteiger partial charge in [0, 0.05) is 24.2 Å². The summed E-state index contributed by atoms with van der Waals surface area (Å²) in [5.41, 5.74) is 10.9. The molecule has 5 nitrogen and oxygen atoms in total. The Labute approximate surface area is 141 Å².